The van der Waals surface area contributed by atoms with E-state index in [1.807, 2.05) is 0 Å². The fraction of sp³-hybridized carbons (Fsp3) is 0.471. The molecular weight excluding hydrogens is 343 g/mol. The number of aromatic nitrogens is 3. The van der Waals surface area contributed by atoms with Gasteiger partial charge in [-0.15, -0.1) is 5.10 Å². The Morgan fingerprint density at radius 3 is 2.85 bits per heavy atom. The molecule has 3 heterocycles. The molecule has 0 unspecified atom stereocenters. The molecule has 8 nitrogen and oxygen atoms in total. The molecule has 1 aromatic heterocycles. The van der Waals surface area contributed by atoms with Gasteiger partial charge in [0.05, 0.1) is 32.1 Å². The van der Waals surface area contributed by atoms with Crippen molar-refractivity contribution in [3.8, 4) is 17.0 Å². The van der Waals surface area contributed by atoms with Crippen molar-refractivity contribution >= 4 is 6.09 Å². The Balaban J connectivity index is 1.36. The standard InChI is InChI=1S/C17H19FN4O4/c1-2-25-16-4-3-11(5-14(16)18)15-8-22(20-19-15)12-6-21(7-12)17(23)26-13-9-24-10-13/h3-5,8,12-13H,2,6-7,9-10H2,1H3. The highest BCUT2D eigenvalue weighted by atomic mass is 19.1. The van der Waals surface area contributed by atoms with Crippen molar-refractivity contribution in [1.29, 1.82) is 0 Å². The van der Waals surface area contributed by atoms with Crippen LogP contribution in [0.2, 0.25) is 0 Å². The fourth-order valence-electron chi connectivity index (χ4n) is 2.79. The third kappa shape index (κ3) is 3.22. The lowest BCUT2D eigenvalue weighted by Crippen LogP contribution is -2.53. The zero-order valence-corrected chi connectivity index (χ0v) is 14.3. The summed E-state index contributed by atoms with van der Waals surface area (Å²) in [5.41, 5.74) is 1.19. The van der Waals surface area contributed by atoms with Gasteiger partial charge in [-0.25, -0.2) is 13.9 Å². The predicted molar refractivity (Wildman–Crippen MR) is 88.3 cm³/mol. The minimum atomic E-state index is -0.434. The van der Waals surface area contributed by atoms with Crippen LogP contribution in [0.1, 0.15) is 13.0 Å². The van der Waals surface area contributed by atoms with Crippen LogP contribution in [0.15, 0.2) is 24.4 Å². The summed E-state index contributed by atoms with van der Waals surface area (Å²) in [5.74, 6) is -0.218. The summed E-state index contributed by atoms with van der Waals surface area (Å²) in [6.07, 6.45) is 1.29. The number of halogens is 1. The van der Waals surface area contributed by atoms with E-state index in [1.54, 1.807) is 34.8 Å². The summed E-state index contributed by atoms with van der Waals surface area (Å²) in [6.45, 7) is 4.15. The van der Waals surface area contributed by atoms with Crippen LogP contribution in [-0.4, -0.2) is 65.0 Å². The number of carbonyl (C=O) groups is 1. The van der Waals surface area contributed by atoms with Crippen LogP contribution < -0.4 is 4.74 Å². The molecule has 0 aliphatic carbocycles. The second-order valence-electron chi connectivity index (χ2n) is 6.26. The molecular formula is C17H19FN4O4. The van der Waals surface area contributed by atoms with Crippen molar-refractivity contribution in [3.05, 3.63) is 30.2 Å². The number of benzene rings is 1. The van der Waals surface area contributed by atoms with Gasteiger partial charge in [-0.2, -0.15) is 0 Å². The van der Waals surface area contributed by atoms with E-state index in [2.05, 4.69) is 10.3 Å². The van der Waals surface area contributed by atoms with E-state index in [4.69, 9.17) is 14.2 Å². The lowest BCUT2D eigenvalue weighted by molar-refractivity contribution is -0.109. The maximum Gasteiger partial charge on any atom is 0.410 e. The van der Waals surface area contributed by atoms with Crippen LogP contribution in [0.25, 0.3) is 11.3 Å². The Labute approximate surface area is 149 Å². The Morgan fingerprint density at radius 2 is 2.19 bits per heavy atom. The van der Waals surface area contributed by atoms with Gasteiger partial charge in [-0.05, 0) is 25.1 Å². The largest absolute Gasteiger partial charge is 0.491 e. The Kier molecular flexibility index (Phi) is 4.46. The molecule has 0 atom stereocenters. The second kappa shape index (κ2) is 6.91. The molecule has 9 heteroatoms. The predicted octanol–water partition coefficient (Wildman–Crippen LogP) is 1.87. The first-order valence-electron chi connectivity index (χ1n) is 8.52. The number of carbonyl (C=O) groups excluding carboxylic acids is 1. The molecule has 2 saturated heterocycles. The van der Waals surface area contributed by atoms with Gasteiger partial charge in [0, 0.05) is 18.7 Å². The molecule has 0 bridgehead atoms. The van der Waals surface area contributed by atoms with Crippen molar-refractivity contribution in [2.45, 2.75) is 19.1 Å². The molecule has 26 heavy (non-hydrogen) atoms. The van der Waals surface area contributed by atoms with E-state index < -0.39 is 5.82 Å². The Bertz CT molecular complexity index is 802. The van der Waals surface area contributed by atoms with Gasteiger partial charge in [0.1, 0.15) is 5.69 Å². The maximum absolute atomic E-state index is 14.0. The zero-order chi connectivity index (χ0) is 18.1. The van der Waals surface area contributed by atoms with Crippen LogP contribution in [0.5, 0.6) is 5.75 Å². The number of ether oxygens (including phenoxy) is 3. The van der Waals surface area contributed by atoms with Gasteiger partial charge in [0.15, 0.2) is 17.7 Å². The zero-order valence-electron chi connectivity index (χ0n) is 14.3. The summed E-state index contributed by atoms with van der Waals surface area (Å²) in [5, 5.41) is 8.20. The van der Waals surface area contributed by atoms with E-state index in [1.165, 1.54) is 6.07 Å². The lowest BCUT2D eigenvalue weighted by Gasteiger charge is -2.39. The molecule has 2 aliphatic heterocycles. The Morgan fingerprint density at radius 1 is 1.38 bits per heavy atom. The third-order valence-electron chi connectivity index (χ3n) is 4.41. The number of hydrogen-bond acceptors (Lipinski definition) is 6. The van der Waals surface area contributed by atoms with E-state index in [-0.39, 0.29) is 24.0 Å². The van der Waals surface area contributed by atoms with Crippen molar-refractivity contribution in [1.82, 2.24) is 19.9 Å². The minimum Gasteiger partial charge on any atom is -0.491 e. The molecule has 1 amide bonds. The van der Waals surface area contributed by atoms with Crippen molar-refractivity contribution in [2.75, 3.05) is 32.9 Å². The first kappa shape index (κ1) is 16.8. The molecule has 2 fully saturated rings. The van der Waals surface area contributed by atoms with Gasteiger partial charge < -0.3 is 19.1 Å². The normalized spacial score (nSPS) is 17.5. The third-order valence-corrected chi connectivity index (χ3v) is 4.41. The first-order valence-corrected chi connectivity index (χ1v) is 8.52. The SMILES string of the molecule is CCOc1ccc(-c2cn(C3CN(C(=O)OC4COC4)C3)nn2)cc1F. The van der Waals surface area contributed by atoms with E-state index in [0.717, 1.165) is 0 Å². The van der Waals surface area contributed by atoms with Crippen molar-refractivity contribution < 1.29 is 23.4 Å². The highest BCUT2D eigenvalue weighted by molar-refractivity contribution is 5.69. The van der Waals surface area contributed by atoms with E-state index >= 15 is 0 Å². The quantitative estimate of drug-likeness (QED) is 0.808. The average Bonchev–Trinajstić information content (AvgIpc) is 3.01. The summed E-state index contributed by atoms with van der Waals surface area (Å²) < 4.78 is 31.1. The number of likely N-dealkylation sites (tertiary alicyclic amines) is 1. The highest BCUT2D eigenvalue weighted by Gasteiger charge is 2.36. The van der Waals surface area contributed by atoms with Gasteiger partial charge in [-0.3, -0.25) is 0 Å². The minimum absolute atomic E-state index is 0.0361. The van der Waals surface area contributed by atoms with Crippen LogP contribution in [0.3, 0.4) is 0 Å². The smallest absolute Gasteiger partial charge is 0.410 e. The molecule has 0 spiro atoms. The summed E-state index contributed by atoms with van der Waals surface area (Å²) in [4.78, 5) is 13.5. The number of hydrogen-bond donors (Lipinski definition) is 0. The van der Waals surface area contributed by atoms with Gasteiger partial charge in [0.25, 0.3) is 0 Å². The number of amides is 1. The summed E-state index contributed by atoms with van der Waals surface area (Å²) >= 11 is 0. The fourth-order valence-corrected chi connectivity index (χ4v) is 2.79. The molecule has 4 rings (SSSR count). The Hall–Kier alpha value is -2.68. The van der Waals surface area contributed by atoms with Crippen molar-refractivity contribution in [3.63, 3.8) is 0 Å². The summed E-state index contributed by atoms with van der Waals surface area (Å²) in [7, 11) is 0. The van der Waals surface area contributed by atoms with Gasteiger partial charge in [0.2, 0.25) is 0 Å². The van der Waals surface area contributed by atoms with Crippen LogP contribution in [0.4, 0.5) is 9.18 Å². The van der Waals surface area contributed by atoms with Crippen LogP contribution in [0, 0.1) is 5.82 Å². The highest BCUT2D eigenvalue weighted by Crippen LogP contribution is 2.27. The van der Waals surface area contributed by atoms with Gasteiger partial charge in [-0.1, -0.05) is 5.21 Å². The molecule has 1 aromatic carbocycles. The number of rotatable bonds is 5. The van der Waals surface area contributed by atoms with Crippen LogP contribution >= 0.6 is 0 Å². The molecule has 138 valence electrons. The van der Waals surface area contributed by atoms with E-state index in [0.29, 0.717) is 44.2 Å². The molecule has 0 N–H and O–H groups in total. The second-order valence-corrected chi connectivity index (χ2v) is 6.26. The topological polar surface area (TPSA) is 78.7 Å². The van der Waals surface area contributed by atoms with Gasteiger partial charge >= 0.3 is 6.09 Å². The lowest BCUT2D eigenvalue weighted by atomic mass is 10.1. The van der Waals surface area contributed by atoms with Crippen molar-refractivity contribution in [2.24, 2.45) is 0 Å². The molecule has 0 saturated carbocycles. The molecule has 0 radical (unpaired) electrons. The average molecular weight is 362 g/mol. The summed E-state index contributed by atoms with van der Waals surface area (Å²) in [6, 6.07) is 4.74. The monoisotopic (exact) mass is 362 g/mol. The van der Waals surface area contributed by atoms with E-state index in [9.17, 15) is 9.18 Å². The number of nitrogens with zero attached hydrogens (tertiary/aromatic N) is 4. The maximum atomic E-state index is 14.0. The molecule has 2 aromatic rings. The molecule has 2 aliphatic rings. The first-order chi connectivity index (χ1) is 12.6. The van der Waals surface area contributed by atoms with Crippen LogP contribution in [-0.2, 0) is 9.47 Å².